The van der Waals surface area contributed by atoms with E-state index in [1.807, 2.05) is 26.8 Å². The van der Waals surface area contributed by atoms with Gasteiger partial charge in [0.05, 0.1) is 44.7 Å². The Morgan fingerprint density at radius 1 is 1.06 bits per heavy atom. The number of anilines is 2. The van der Waals surface area contributed by atoms with Gasteiger partial charge in [-0.3, -0.25) is 4.79 Å². The van der Waals surface area contributed by atoms with E-state index in [0.717, 1.165) is 19.3 Å². The van der Waals surface area contributed by atoms with Crippen molar-refractivity contribution >= 4 is 45.9 Å². The Morgan fingerprint density at radius 2 is 1.77 bits per heavy atom. The van der Waals surface area contributed by atoms with Crippen LogP contribution in [0.4, 0.5) is 20.6 Å². The van der Waals surface area contributed by atoms with E-state index in [1.165, 1.54) is 18.1 Å². The van der Waals surface area contributed by atoms with Gasteiger partial charge in [0.2, 0.25) is 5.91 Å². The number of benzene rings is 3. The predicted molar refractivity (Wildman–Crippen MR) is 186 cm³/mol. The molecule has 4 atom stereocenters. The molecule has 1 aliphatic carbocycles. The lowest BCUT2D eigenvalue weighted by Gasteiger charge is -2.38. The van der Waals surface area contributed by atoms with Crippen LogP contribution in [-0.2, 0) is 26.1 Å². The van der Waals surface area contributed by atoms with Gasteiger partial charge in [-0.1, -0.05) is 42.6 Å². The number of nitrogens with zero attached hydrogens (tertiary/aromatic N) is 2. The number of ether oxygens (including phenoxy) is 1. The van der Waals surface area contributed by atoms with Gasteiger partial charge in [-0.15, -0.1) is 0 Å². The maximum atomic E-state index is 15.6. The highest BCUT2D eigenvalue weighted by Gasteiger charge is 2.42. The van der Waals surface area contributed by atoms with Crippen LogP contribution in [0.25, 0.3) is 0 Å². The van der Waals surface area contributed by atoms with Gasteiger partial charge in [0.15, 0.2) is 0 Å². The molecule has 3 aromatic rings. The second-order valence-electron chi connectivity index (χ2n) is 13.4. The standard InChI is InChI=1S/C36H41ClFN5O4S/c1-35(2,3)48(46)42-36(17-16-23-8-9-23,25-7-5-6-24(18-25)21-39)26-10-15-30(38)31(19-26)41-33(44)32-20-29(47-4)22-43(32)34(45)40-28-13-11-27(37)12-14-28/h5-7,10-15,18-19,23,29,32,42H,8-9,16-17,20,22H2,1-4H3,(H,40,45)(H,41,44)/t29?,32?,36?,48-/m1/s1. The molecule has 3 unspecified atom stereocenters. The van der Waals surface area contributed by atoms with Crippen molar-refractivity contribution < 1.29 is 22.9 Å². The molecule has 3 amide bonds. The molecule has 0 spiro atoms. The van der Waals surface area contributed by atoms with E-state index in [4.69, 9.17) is 16.3 Å². The Morgan fingerprint density at radius 3 is 2.42 bits per heavy atom. The summed E-state index contributed by atoms with van der Waals surface area (Å²) in [7, 11) is -0.0408. The van der Waals surface area contributed by atoms with Gasteiger partial charge in [-0.25, -0.2) is 18.1 Å². The number of methoxy groups -OCH3 is 1. The number of carbonyl (C=O) groups excluding carboxylic acids is 2. The highest BCUT2D eigenvalue weighted by atomic mass is 35.5. The van der Waals surface area contributed by atoms with Crippen molar-refractivity contribution in [2.24, 2.45) is 5.92 Å². The third-order valence-electron chi connectivity index (χ3n) is 8.90. The van der Waals surface area contributed by atoms with Gasteiger partial charge in [0.25, 0.3) is 0 Å². The second-order valence-corrected chi connectivity index (χ2v) is 15.8. The van der Waals surface area contributed by atoms with Crippen LogP contribution in [0.5, 0.6) is 0 Å². The normalized spacial score (nSPS) is 19.6. The van der Waals surface area contributed by atoms with Gasteiger partial charge in [0.1, 0.15) is 11.9 Å². The number of nitrogens with one attached hydrogen (secondary N) is 3. The molecule has 3 N–H and O–H groups in total. The zero-order valence-electron chi connectivity index (χ0n) is 27.5. The lowest BCUT2D eigenvalue weighted by molar-refractivity contribution is -0.119. The molecule has 1 saturated heterocycles. The maximum Gasteiger partial charge on any atom is 0.322 e. The summed E-state index contributed by atoms with van der Waals surface area (Å²) < 4.78 is 37.6. The van der Waals surface area contributed by atoms with Crippen molar-refractivity contribution in [1.29, 1.82) is 5.26 Å². The summed E-state index contributed by atoms with van der Waals surface area (Å²) in [4.78, 5) is 28.5. The number of carbonyl (C=O) groups is 2. The van der Waals surface area contributed by atoms with E-state index in [2.05, 4.69) is 21.4 Å². The number of hydrogen-bond acceptors (Lipinski definition) is 5. The van der Waals surface area contributed by atoms with Gasteiger partial charge in [0, 0.05) is 30.8 Å². The number of halogens is 2. The van der Waals surface area contributed by atoms with Crippen LogP contribution < -0.4 is 15.4 Å². The molecular formula is C36H41ClFN5O4S. The first-order valence-corrected chi connectivity index (χ1v) is 17.5. The molecule has 1 saturated carbocycles. The van der Waals surface area contributed by atoms with Gasteiger partial charge < -0.3 is 20.3 Å². The average Bonchev–Trinajstić information content (AvgIpc) is 3.79. The van der Waals surface area contributed by atoms with Crippen molar-refractivity contribution in [1.82, 2.24) is 9.62 Å². The minimum atomic E-state index is -1.56. The summed E-state index contributed by atoms with van der Waals surface area (Å²) in [5, 5.41) is 15.8. The molecule has 1 heterocycles. The third-order valence-corrected chi connectivity index (χ3v) is 10.8. The van der Waals surface area contributed by atoms with Crippen molar-refractivity contribution in [2.75, 3.05) is 24.3 Å². The molecule has 9 nitrogen and oxygen atoms in total. The zero-order chi connectivity index (χ0) is 34.6. The number of nitriles is 1. The quantitative estimate of drug-likeness (QED) is 0.198. The zero-order valence-corrected chi connectivity index (χ0v) is 29.1. The Balaban J connectivity index is 1.49. The van der Waals surface area contributed by atoms with Gasteiger partial charge in [-0.05, 0) is 99.2 Å². The summed E-state index contributed by atoms with van der Waals surface area (Å²) in [5.41, 5.74) is 1.10. The average molecular weight is 694 g/mol. The molecule has 2 aliphatic rings. The Bertz CT molecular complexity index is 1720. The van der Waals surface area contributed by atoms with Crippen molar-refractivity contribution in [3.8, 4) is 6.07 Å². The van der Waals surface area contributed by atoms with Crippen molar-refractivity contribution in [3.63, 3.8) is 0 Å². The highest BCUT2D eigenvalue weighted by Crippen LogP contribution is 2.43. The van der Waals surface area contributed by atoms with E-state index < -0.39 is 51.2 Å². The van der Waals surface area contributed by atoms with E-state index in [1.54, 1.807) is 54.6 Å². The smallest absolute Gasteiger partial charge is 0.322 e. The molecular weight excluding hydrogens is 653 g/mol. The lowest BCUT2D eigenvalue weighted by atomic mass is 9.79. The lowest BCUT2D eigenvalue weighted by Crippen LogP contribution is -2.49. The van der Waals surface area contributed by atoms with E-state index in [9.17, 15) is 19.1 Å². The molecule has 1 aliphatic heterocycles. The molecule has 5 rings (SSSR count). The van der Waals surface area contributed by atoms with Crippen LogP contribution in [0.15, 0.2) is 66.7 Å². The highest BCUT2D eigenvalue weighted by molar-refractivity contribution is 7.84. The summed E-state index contributed by atoms with van der Waals surface area (Å²) in [5.74, 6) is -0.711. The molecule has 254 valence electrons. The number of amides is 3. The number of hydrogen-bond donors (Lipinski definition) is 3. The Kier molecular flexibility index (Phi) is 10.9. The number of rotatable bonds is 11. The monoisotopic (exact) mass is 693 g/mol. The van der Waals surface area contributed by atoms with Crippen LogP contribution in [0, 0.1) is 23.1 Å². The van der Waals surface area contributed by atoms with Crippen LogP contribution in [0.2, 0.25) is 5.02 Å². The first-order valence-electron chi connectivity index (χ1n) is 16.0. The Labute approximate surface area is 288 Å². The van der Waals surface area contributed by atoms with Crippen LogP contribution in [0.1, 0.15) is 69.6 Å². The molecule has 12 heteroatoms. The number of urea groups is 1. The van der Waals surface area contributed by atoms with Crippen LogP contribution in [-0.4, -0.2) is 51.6 Å². The van der Waals surface area contributed by atoms with Gasteiger partial charge in [-0.2, -0.15) is 5.26 Å². The minimum absolute atomic E-state index is 0.0769. The molecule has 0 bridgehead atoms. The fraction of sp³-hybridized carbons (Fsp3) is 0.417. The molecule has 0 radical (unpaired) electrons. The maximum absolute atomic E-state index is 15.6. The first-order chi connectivity index (χ1) is 22.8. The summed E-state index contributed by atoms with van der Waals surface area (Å²) in [6.45, 7) is 5.77. The fourth-order valence-corrected chi connectivity index (χ4v) is 6.98. The minimum Gasteiger partial charge on any atom is -0.380 e. The van der Waals surface area contributed by atoms with Gasteiger partial charge >= 0.3 is 6.03 Å². The first kappa shape index (κ1) is 35.5. The van der Waals surface area contributed by atoms with E-state index >= 15 is 4.39 Å². The Hall–Kier alpha value is -3.82. The van der Waals surface area contributed by atoms with E-state index in [-0.39, 0.29) is 18.7 Å². The fourth-order valence-electron chi connectivity index (χ4n) is 5.89. The molecule has 3 aromatic carbocycles. The SMILES string of the molecule is COC1CC(C(=O)Nc2cc(C(CCC3CC3)(N[S@](=O)C(C)(C)C)c3cccc(C#N)c3)ccc2F)N(C(=O)Nc2ccc(Cl)cc2)C1. The van der Waals surface area contributed by atoms with E-state index in [0.29, 0.717) is 39.7 Å². The summed E-state index contributed by atoms with van der Waals surface area (Å²) in [6.07, 6.45) is 3.38. The summed E-state index contributed by atoms with van der Waals surface area (Å²) in [6, 6.07) is 19.0. The van der Waals surface area contributed by atoms with Crippen molar-refractivity contribution in [2.45, 2.75) is 75.3 Å². The van der Waals surface area contributed by atoms with Crippen LogP contribution >= 0.6 is 11.6 Å². The van der Waals surface area contributed by atoms with Crippen LogP contribution in [0.3, 0.4) is 0 Å². The molecule has 48 heavy (non-hydrogen) atoms. The predicted octanol–water partition coefficient (Wildman–Crippen LogP) is 7.10. The topological polar surface area (TPSA) is 124 Å². The number of likely N-dealkylation sites (tertiary alicyclic amines) is 1. The third kappa shape index (κ3) is 8.24. The summed E-state index contributed by atoms with van der Waals surface area (Å²) >= 11 is 5.98. The van der Waals surface area contributed by atoms with Crippen molar-refractivity contribution in [3.05, 3.63) is 94.3 Å². The second kappa shape index (κ2) is 14.7. The largest absolute Gasteiger partial charge is 0.380 e. The molecule has 0 aromatic heterocycles. The molecule has 2 fully saturated rings.